The van der Waals surface area contributed by atoms with Crippen LogP contribution in [-0.2, 0) is 0 Å². The molecule has 0 radical (unpaired) electrons. The van der Waals surface area contributed by atoms with Gasteiger partial charge in [0.05, 0.1) is 0 Å². The van der Waals surface area contributed by atoms with Gasteiger partial charge in [-0.05, 0) is 37.8 Å². The van der Waals surface area contributed by atoms with Crippen molar-refractivity contribution in [2.24, 2.45) is 0 Å². The van der Waals surface area contributed by atoms with Crippen LogP contribution in [0.25, 0.3) is 0 Å². The van der Waals surface area contributed by atoms with Gasteiger partial charge in [-0.3, -0.25) is 0 Å². The van der Waals surface area contributed by atoms with E-state index in [0.717, 1.165) is 24.1 Å². The third-order valence-electron chi connectivity index (χ3n) is 2.90. The van der Waals surface area contributed by atoms with Crippen LogP contribution in [0.5, 0.6) is 0 Å². The van der Waals surface area contributed by atoms with Crippen LogP contribution in [0.1, 0.15) is 25.7 Å². The lowest BCUT2D eigenvalue weighted by Crippen LogP contribution is -2.41. The molecule has 15 heavy (non-hydrogen) atoms. The van der Waals surface area contributed by atoms with Gasteiger partial charge in [0.1, 0.15) is 0 Å². The van der Waals surface area contributed by atoms with Gasteiger partial charge in [-0.2, -0.15) is 5.10 Å². The van der Waals surface area contributed by atoms with Crippen molar-refractivity contribution >= 4 is 21.7 Å². The van der Waals surface area contributed by atoms with Crippen LogP contribution in [0.4, 0.5) is 5.82 Å². The quantitative estimate of drug-likeness (QED) is 0.770. The summed E-state index contributed by atoms with van der Waals surface area (Å²) < 4.78 is 0. The molecule has 2 rings (SSSR count). The summed E-state index contributed by atoms with van der Waals surface area (Å²) in [7, 11) is 0. The smallest absolute Gasteiger partial charge is 0.151 e. The number of nitrogens with zero attached hydrogens (tertiary/aromatic N) is 3. The Balaban J connectivity index is 2.04. The van der Waals surface area contributed by atoms with E-state index < -0.39 is 0 Å². The van der Waals surface area contributed by atoms with Crippen molar-refractivity contribution in [2.75, 3.05) is 16.8 Å². The zero-order chi connectivity index (χ0) is 10.5. The molecular weight excluding hydrogens is 254 g/mol. The van der Waals surface area contributed by atoms with E-state index in [1.54, 1.807) is 6.20 Å². The standard InChI is InChI=1S/C11H16BrN3/c12-7-3-9-15(10-4-1-5-10)11-6-2-8-13-14-11/h2,6,8,10H,1,3-5,7,9H2. The van der Waals surface area contributed by atoms with Crippen molar-refractivity contribution < 1.29 is 0 Å². The molecule has 0 aliphatic heterocycles. The summed E-state index contributed by atoms with van der Waals surface area (Å²) in [5.74, 6) is 1.03. The Morgan fingerprint density at radius 2 is 2.33 bits per heavy atom. The lowest BCUT2D eigenvalue weighted by atomic mass is 9.91. The van der Waals surface area contributed by atoms with E-state index >= 15 is 0 Å². The lowest BCUT2D eigenvalue weighted by molar-refractivity contribution is 0.383. The molecule has 0 aromatic carbocycles. The van der Waals surface area contributed by atoms with Crippen molar-refractivity contribution in [1.82, 2.24) is 10.2 Å². The summed E-state index contributed by atoms with van der Waals surface area (Å²) in [5, 5.41) is 9.20. The van der Waals surface area contributed by atoms with Gasteiger partial charge in [-0.15, -0.1) is 5.10 Å². The third-order valence-corrected chi connectivity index (χ3v) is 3.46. The third kappa shape index (κ3) is 2.68. The summed E-state index contributed by atoms with van der Waals surface area (Å²) in [6.45, 7) is 1.08. The van der Waals surface area contributed by atoms with E-state index in [0.29, 0.717) is 6.04 Å². The SMILES string of the molecule is BrCCCN(c1cccnn1)C1CCC1. The number of alkyl halides is 1. The summed E-state index contributed by atoms with van der Waals surface area (Å²) in [4.78, 5) is 2.40. The lowest BCUT2D eigenvalue weighted by Gasteiger charge is -2.38. The van der Waals surface area contributed by atoms with Gasteiger partial charge in [0, 0.05) is 24.1 Å². The molecule has 1 heterocycles. The number of hydrogen-bond donors (Lipinski definition) is 0. The molecule has 0 bridgehead atoms. The molecule has 1 aromatic rings. The van der Waals surface area contributed by atoms with Crippen LogP contribution in [0.3, 0.4) is 0 Å². The van der Waals surface area contributed by atoms with E-state index in [2.05, 4.69) is 37.1 Å². The second-order valence-electron chi connectivity index (χ2n) is 3.90. The second kappa shape index (κ2) is 5.45. The van der Waals surface area contributed by atoms with Crippen molar-refractivity contribution in [3.05, 3.63) is 18.3 Å². The number of aromatic nitrogens is 2. The minimum Gasteiger partial charge on any atom is -0.352 e. The number of halogens is 1. The van der Waals surface area contributed by atoms with Crippen LogP contribution in [0.15, 0.2) is 18.3 Å². The second-order valence-corrected chi connectivity index (χ2v) is 4.70. The fourth-order valence-electron chi connectivity index (χ4n) is 1.86. The first kappa shape index (κ1) is 10.9. The van der Waals surface area contributed by atoms with Gasteiger partial charge < -0.3 is 4.90 Å². The van der Waals surface area contributed by atoms with Gasteiger partial charge >= 0.3 is 0 Å². The maximum Gasteiger partial charge on any atom is 0.151 e. The first-order chi connectivity index (χ1) is 7.42. The Bertz CT molecular complexity index is 287. The molecule has 1 fully saturated rings. The maximum atomic E-state index is 4.20. The summed E-state index contributed by atoms with van der Waals surface area (Å²) in [6, 6.07) is 4.71. The van der Waals surface area contributed by atoms with Gasteiger partial charge in [0.15, 0.2) is 5.82 Å². The molecule has 0 atom stereocenters. The van der Waals surface area contributed by atoms with Crippen LogP contribution in [0.2, 0.25) is 0 Å². The van der Waals surface area contributed by atoms with Crippen molar-refractivity contribution in [2.45, 2.75) is 31.7 Å². The minimum atomic E-state index is 0.695. The fraction of sp³-hybridized carbons (Fsp3) is 0.636. The summed E-state index contributed by atoms with van der Waals surface area (Å²) in [5.41, 5.74) is 0. The molecule has 0 saturated heterocycles. The highest BCUT2D eigenvalue weighted by molar-refractivity contribution is 9.09. The predicted octanol–water partition coefficient (Wildman–Crippen LogP) is 2.62. The Labute approximate surface area is 99.0 Å². The highest BCUT2D eigenvalue weighted by atomic mass is 79.9. The van der Waals surface area contributed by atoms with Crippen molar-refractivity contribution in [3.63, 3.8) is 0 Å². The van der Waals surface area contributed by atoms with Gasteiger partial charge in [0.25, 0.3) is 0 Å². The number of rotatable bonds is 5. The van der Waals surface area contributed by atoms with Crippen molar-refractivity contribution in [1.29, 1.82) is 0 Å². The van der Waals surface area contributed by atoms with E-state index in [4.69, 9.17) is 0 Å². The Morgan fingerprint density at radius 1 is 1.47 bits per heavy atom. The largest absolute Gasteiger partial charge is 0.352 e. The van der Waals surface area contributed by atoms with Crippen LogP contribution >= 0.6 is 15.9 Å². The van der Waals surface area contributed by atoms with E-state index in [-0.39, 0.29) is 0 Å². The summed E-state index contributed by atoms with van der Waals surface area (Å²) >= 11 is 3.48. The average molecular weight is 270 g/mol. The van der Waals surface area contributed by atoms with Crippen molar-refractivity contribution in [3.8, 4) is 0 Å². The molecule has 82 valence electrons. The zero-order valence-electron chi connectivity index (χ0n) is 8.77. The first-order valence-electron chi connectivity index (χ1n) is 5.52. The Hall–Kier alpha value is -0.640. The molecule has 0 unspecified atom stereocenters. The van der Waals surface area contributed by atoms with Gasteiger partial charge in [-0.1, -0.05) is 15.9 Å². The van der Waals surface area contributed by atoms with Crippen LogP contribution in [-0.4, -0.2) is 28.1 Å². The number of hydrogen-bond acceptors (Lipinski definition) is 3. The molecule has 1 aliphatic carbocycles. The maximum absolute atomic E-state index is 4.20. The number of anilines is 1. The molecule has 0 N–H and O–H groups in total. The van der Waals surface area contributed by atoms with Gasteiger partial charge in [0.2, 0.25) is 0 Å². The highest BCUT2D eigenvalue weighted by Gasteiger charge is 2.25. The molecule has 4 heteroatoms. The summed E-state index contributed by atoms with van der Waals surface area (Å²) in [6.07, 6.45) is 6.85. The van der Waals surface area contributed by atoms with E-state index in [9.17, 15) is 0 Å². The molecule has 1 aromatic heterocycles. The topological polar surface area (TPSA) is 29.0 Å². The monoisotopic (exact) mass is 269 g/mol. The minimum absolute atomic E-state index is 0.695. The van der Waals surface area contributed by atoms with Crippen LogP contribution < -0.4 is 4.90 Å². The Kier molecular flexibility index (Phi) is 3.94. The molecule has 1 saturated carbocycles. The predicted molar refractivity (Wildman–Crippen MR) is 65.4 cm³/mol. The zero-order valence-corrected chi connectivity index (χ0v) is 10.4. The van der Waals surface area contributed by atoms with Gasteiger partial charge in [-0.25, -0.2) is 0 Å². The molecule has 1 aliphatic rings. The Morgan fingerprint density at radius 3 is 2.87 bits per heavy atom. The normalized spacial score (nSPS) is 16.1. The van der Waals surface area contributed by atoms with Crippen LogP contribution in [0, 0.1) is 0 Å². The first-order valence-corrected chi connectivity index (χ1v) is 6.64. The fourth-order valence-corrected chi connectivity index (χ4v) is 2.11. The molecule has 0 spiro atoms. The average Bonchev–Trinajstić information content (AvgIpc) is 2.22. The highest BCUT2D eigenvalue weighted by Crippen LogP contribution is 2.28. The molecular formula is C11H16BrN3. The molecule has 0 amide bonds. The van der Waals surface area contributed by atoms with E-state index in [1.807, 2.05) is 6.07 Å². The molecule has 3 nitrogen and oxygen atoms in total. The van der Waals surface area contributed by atoms with E-state index in [1.165, 1.54) is 19.3 Å².